The number of aryl methyl sites for hydroxylation is 1. The van der Waals surface area contributed by atoms with Crippen molar-refractivity contribution >= 4 is 0 Å². The molecule has 2 aromatic rings. The predicted molar refractivity (Wildman–Crippen MR) is 86.1 cm³/mol. The molecule has 3 nitrogen and oxygen atoms in total. The summed E-state index contributed by atoms with van der Waals surface area (Å²) in [5.74, 6) is 1.69. The van der Waals surface area contributed by atoms with Crippen LogP contribution in [0.1, 0.15) is 24.1 Å². The molecule has 1 N–H and O–H groups in total. The molecule has 0 spiro atoms. The van der Waals surface area contributed by atoms with Crippen molar-refractivity contribution in [2.45, 2.75) is 19.9 Å². The summed E-state index contributed by atoms with van der Waals surface area (Å²) in [4.78, 5) is 0. The van der Waals surface area contributed by atoms with Crippen LogP contribution in [0.4, 0.5) is 0 Å². The molecule has 2 rings (SSSR count). The van der Waals surface area contributed by atoms with Crippen LogP contribution in [0, 0.1) is 6.92 Å². The van der Waals surface area contributed by atoms with Gasteiger partial charge in [0, 0.05) is 0 Å². The summed E-state index contributed by atoms with van der Waals surface area (Å²) >= 11 is 0. The first-order valence-electron chi connectivity index (χ1n) is 7.30. The van der Waals surface area contributed by atoms with E-state index in [2.05, 4.69) is 43.4 Å². The molecule has 112 valence electrons. The van der Waals surface area contributed by atoms with Crippen molar-refractivity contribution < 1.29 is 9.47 Å². The second-order valence-corrected chi connectivity index (χ2v) is 4.95. The van der Waals surface area contributed by atoms with Crippen molar-refractivity contribution in [2.75, 3.05) is 20.3 Å². The smallest absolute Gasteiger partial charge is 0.119 e. The van der Waals surface area contributed by atoms with Crippen molar-refractivity contribution in [3.63, 3.8) is 0 Å². The van der Waals surface area contributed by atoms with Crippen molar-refractivity contribution in [3.8, 4) is 11.5 Å². The van der Waals surface area contributed by atoms with Crippen molar-refractivity contribution in [2.24, 2.45) is 0 Å². The Hall–Kier alpha value is -2.00. The largest absolute Gasteiger partial charge is 0.497 e. The minimum Gasteiger partial charge on any atom is -0.497 e. The van der Waals surface area contributed by atoms with Crippen molar-refractivity contribution in [1.82, 2.24) is 5.32 Å². The molecular weight excluding hydrogens is 262 g/mol. The molecule has 0 fully saturated rings. The van der Waals surface area contributed by atoms with Crippen molar-refractivity contribution in [1.29, 1.82) is 0 Å². The topological polar surface area (TPSA) is 30.5 Å². The molecule has 3 heteroatoms. The first-order valence-corrected chi connectivity index (χ1v) is 7.30. The average molecular weight is 285 g/mol. The molecule has 0 aliphatic rings. The van der Waals surface area contributed by atoms with E-state index < -0.39 is 0 Å². The van der Waals surface area contributed by atoms with Gasteiger partial charge in [-0.15, -0.1) is 0 Å². The van der Waals surface area contributed by atoms with Gasteiger partial charge in [0.25, 0.3) is 0 Å². The summed E-state index contributed by atoms with van der Waals surface area (Å²) in [6.07, 6.45) is 0. The summed E-state index contributed by atoms with van der Waals surface area (Å²) in [5, 5.41) is 3.48. The van der Waals surface area contributed by atoms with Crippen LogP contribution in [0.15, 0.2) is 48.5 Å². The van der Waals surface area contributed by atoms with E-state index in [0.717, 1.165) is 18.0 Å². The maximum Gasteiger partial charge on any atom is 0.119 e. The van der Waals surface area contributed by atoms with Crippen LogP contribution in [-0.4, -0.2) is 20.3 Å². The lowest BCUT2D eigenvalue weighted by atomic mass is 10.0. The summed E-state index contributed by atoms with van der Waals surface area (Å²) in [7, 11) is 1.66. The molecule has 0 aromatic heterocycles. The maximum absolute atomic E-state index is 5.91. The number of methoxy groups -OCH3 is 1. The lowest BCUT2D eigenvalue weighted by Gasteiger charge is -2.21. The quantitative estimate of drug-likeness (QED) is 0.840. The SMILES string of the molecule is CCNC(COc1ccc(OC)cc1)c1ccccc1C. The van der Waals surface area contributed by atoms with Gasteiger partial charge in [0.2, 0.25) is 0 Å². The molecule has 1 unspecified atom stereocenters. The maximum atomic E-state index is 5.91. The van der Waals surface area contributed by atoms with Crippen LogP contribution in [0.2, 0.25) is 0 Å². The van der Waals surface area contributed by atoms with E-state index in [1.165, 1.54) is 11.1 Å². The van der Waals surface area contributed by atoms with Gasteiger partial charge in [0.1, 0.15) is 18.1 Å². The van der Waals surface area contributed by atoms with E-state index in [9.17, 15) is 0 Å². The van der Waals surface area contributed by atoms with Gasteiger partial charge >= 0.3 is 0 Å². The third kappa shape index (κ3) is 4.23. The predicted octanol–water partition coefficient (Wildman–Crippen LogP) is 3.73. The lowest BCUT2D eigenvalue weighted by Crippen LogP contribution is -2.27. The molecule has 0 aliphatic heterocycles. The van der Waals surface area contributed by atoms with Gasteiger partial charge in [-0.25, -0.2) is 0 Å². The molecule has 0 heterocycles. The number of hydrogen-bond acceptors (Lipinski definition) is 3. The number of hydrogen-bond donors (Lipinski definition) is 1. The van der Waals surface area contributed by atoms with E-state index in [-0.39, 0.29) is 6.04 Å². The number of likely N-dealkylation sites (N-methyl/N-ethyl adjacent to an activating group) is 1. The fourth-order valence-corrected chi connectivity index (χ4v) is 2.33. The molecule has 0 radical (unpaired) electrons. The molecule has 0 amide bonds. The highest BCUT2D eigenvalue weighted by molar-refractivity contribution is 5.32. The minimum absolute atomic E-state index is 0.193. The molecule has 21 heavy (non-hydrogen) atoms. The normalized spacial score (nSPS) is 12.0. The molecular formula is C18H23NO2. The molecule has 1 atom stereocenters. The number of ether oxygens (including phenoxy) is 2. The van der Waals surface area contributed by atoms with E-state index in [0.29, 0.717) is 6.61 Å². The summed E-state index contributed by atoms with van der Waals surface area (Å²) in [6.45, 7) is 5.75. The monoisotopic (exact) mass is 285 g/mol. The van der Waals surface area contributed by atoms with Crippen molar-refractivity contribution in [3.05, 3.63) is 59.7 Å². The second kappa shape index (κ2) is 7.70. The highest BCUT2D eigenvalue weighted by Gasteiger charge is 2.13. The fraction of sp³-hybridized carbons (Fsp3) is 0.333. The highest BCUT2D eigenvalue weighted by atomic mass is 16.5. The Kier molecular flexibility index (Phi) is 5.64. The second-order valence-electron chi connectivity index (χ2n) is 4.95. The van der Waals surface area contributed by atoms with E-state index in [4.69, 9.17) is 9.47 Å². The van der Waals surface area contributed by atoms with E-state index in [1.807, 2.05) is 24.3 Å². The summed E-state index contributed by atoms with van der Waals surface area (Å²) in [6, 6.07) is 16.3. The third-order valence-corrected chi connectivity index (χ3v) is 3.49. The fourth-order valence-electron chi connectivity index (χ4n) is 2.33. The van der Waals surface area contributed by atoms with Crippen LogP contribution < -0.4 is 14.8 Å². The van der Waals surface area contributed by atoms with Gasteiger partial charge in [-0.1, -0.05) is 31.2 Å². The average Bonchev–Trinajstić information content (AvgIpc) is 2.53. The first kappa shape index (κ1) is 15.4. The van der Waals surface area contributed by atoms with E-state index in [1.54, 1.807) is 7.11 Å². The van der Waals surface area contributed by atoms with Crippen LogP contribution in [0.5, 0.6) is 11.5 Å². The Labute approximate surface area is 126 Å². The van der Waals surface area contributed by atoms with Gasteiger partial charge in [0.05, 0.1) is 13.2 Å². The van der Waals surface area contributed by atoms with Crippen LogP contribution in [-0.2, 0) is 0 Å². The minimum atomic E-state index is 0.193. The first-order chi connectivity index (χ1) is 10.2. The molecule has 0 bridgehead atoms. The number of benzene rings is 2. The zero-order chi connectivity index (χ0) is 15.1. The highest BCUT2D eigenvalue weighted by Crippen LogP contribution is 2.21. The Morgan fingerprint density at radius 3 is 2.29 bits per heavy atom. The van der Waals surface area contributed by atoms with Crippen LogP contribution in [0.3, 0.4) is 0 Å². The lowest BCUT2D eigenvalue weighted by molar-refractivity contribution is 0.267. The van der Waals surface area contributed by atoms with Gasteiger partial charge in [0.15, 0.2) is 0 Å². The van der Waals surface area contributed by atoms with Gasteiger partial charge in [-0.2, -0.15) is 0 Å². The summed E-state index contributed by atoms with van der Waals surface area (Å²) in [5.41, 5.74) is 2.56. The standard InChI is InChI=1S/C18H23NO2/c1-4-19-18(17-8-6-5-7-14(17)2)13-21-16-11-9-15(20-3)10-12-16/h5-12,18-19H,4,13H2,1-3H3. The van der Waals surface area contributed by atoms with Gasteiger partial charge in [-0.3, -0.25) is 0 Å². The van der Waals surface area contributed by atoms with Crippen LogP contribution >= 0.6 is 0 Å². The molecule has 0 saturated heterocycles. The Balaban J connectivity index is 2.04. The van der Waals surface area contributed by atoms with Crippen LogP contribution in [0.25, 0.3) is 0 Å². The third-order valence-electron chi connectivity index (χ3n) is 3.49. The Morgan fingerprint density at radius 1 is 1.00 bits per heavy atom. The molecule has 0 aliphatic carbocycles. The molecule has 2 aromatic carbocycles. The Bertz CT molecular complexity index is 551. The van der Waals surface area contributed by atoms with Gasteiger partial charge < -0.3 is 14.8 Å². The Morgan fingerprint density at radius 2 is 1.67 bits per heavy atom. The van der Waals surface area contributed by atoms with E-state index >= 15 is 0 Å². The number of rotatable bonds is 7. The number of nitrogens with one attached hydrogen (secondary N) is 1. The van der Waals surface area contributed by atoms with Gasteiger partial charge in [-0.05, 0) is 48.9 Å². The zero-order valence-corrected chi connectivity index (χ0v) is 12.9. The summed E-state index contributed by atoms with van der Waals surface area (Å²) < 4.78 is 11.1. The molecule has 0 saturated carbocycles. The zero-order valence-electron chi connectivity index (χ0n) is 12.9.